The summed E-state index contributed by atoms with van der Waals surface area (Å²) >= 11 is 1.33. The highest BCUT2D eigenvalue weighted by molar-refractivity contribution is 8.27. The number of rotatable bonds is 6. The van der Waals surface area contributed by atoms with E-state index in [2.05, 4.69) is 28.3 Å². The zero-order chi connectivity index (χ0) is 24.5. The zero-order valence-corrected chi connectivity index (χ0v) is 20.4. The number of aliphatic imine (C=N–C) groups is 1. The van der Waals surface area contributed by atoms with Gasteiger partial charge in [0.2, 0.25) is 5.17 Å². The van der Waals surface area contributed by atoms with Crippen LogP contribution in [0.5, 0.6) is 11.5 Å². The molecule has 2 heterocycles. The van der Waals surface area contributed by atoms with Crippen LogP contribution >= 0.6 is 11.8 Å². The number of hydrogen-bond acceptors (Lipinski definition) is 6. The van der Waals surface area contributed by atoms with Crippen molar-refractivity contribution >= 4 is 50.6 Å². The Labute approximate surface area is 207 Å². The van der Waals surface area contributed by atoms with Gasteiger partial charge in [-0.25, -0.2) is 0 Å². The molecule has 3 aromatic rings. The molecule has 2 aliphatic heterocycles. The van der Waals surface area contributed by atoms with Gasteiger partial charge in [-0.15, -0.1) is 0 Å². The molecule has 0 bridgehead atoms. The molecule has 0 atom stereocenters. The first-order chi connectivity index (χ1) is 16.9. The lowest BCUT2D eigenvalue weighted by molar-refractivity contribution is -0.114. The lowest BCUT2D eigenvalue weighted by Gasteiger charge is -2.20. The maximum atomic E-state index is 12.7. The number of nitrogens with zero attached hydrogens (tertiary/aromatic N) is 3. The van der Waals surface area contributed by atoms with E-state index < -0.39 is 5.91 Å². The smallest absolute Gasteiger partial charge is 0.283 e. The van der Waals surface area contributed by atoms with Crippen LogP contribution in [0.1, 0.15) is 25.0 Å². The maximum Gasteiger partial charge on any atom is 0.283 e. The van der Waals surface area contributed by atoms with E-state index in [0.717, 1.165) is 21.4 Å². The van der Waals surface area contributed by atoms with E-state index in [-0.39, 0.29) is 17.3 Å². The Morgan fingerprint density at radius 1 is 1.09 bits per heavy atom. The van der Waals surface area contributed by atoms with Crippen LogP contribution in [0.15, 0.2) is 76.3 Å². The van der Waals surface area contributed by atoms with Crippen molar-refractivity contribution < 1.29 is 14.3 Å². The van der Waals surface area contributed by atoms with E-state index in [4.69, 9.17) is 14.9 Å². The van der Waals surface area contributed by atoms with E-state index >= 15 is 0 Å². The zero-order valence-electron chi connectivity index (χ0n) is 19.6. The third-order valence-corrected chi connectivity index (χ3v) is 6.93. The molecule has 1 amide bonds. The Balaban J connectivity index is 1.39. The Morgan fingerprint density at radius 2 is 1.89 bits per heavy atom. The number of benzene rings is 3. The number of nitrogens with one attached hydrogen (secondary N) is 1. The minimum atomic E-state index is -0.454. The summed E-state index contributed by atoms with van der Waals surface area (Å²) in [7, 11) is 1.57. The first-order valence-electron chi connectivity index (χ1n) is 11.2. The molecule has 8 heteroatoms. The molecule has 0 saturated carbocycles. The van der Waals surface area contributed by atoms with Gasteiger partial charge in [0.1, 0.15) is 11.7 Å². The number of carbonyl (C=O) groups is 1. The quantitative estimate of drug-likeness (QED) is 0.453. The molecule has 1 N–H and O–H groups in total. The second kappa shape index (κ2) is 9.38. The molecule has 7 nitrogen and oxygen atoms in total. The van der Waals surface area contributed by atoms with Crippen LogP contribution in [-0.2, 0) is 11.4 Å². The number of ether oxygens (including phenoxy) is 2. The first kappa shape index (κ1) is 22.9. The summed E-state index contributed by atoms with van der Waals surface area (Å²) < 4.78 is 11.7. The topological polar surface area (TPSA) is 87.3 Å². The number of amides is 1. The number of hydrogen-bond donors (Lipinski definition) is 1. The lowest BCUT2D eigenvalue weighted by Crippen LogP contribution is -2.35. The maximum absolute atomic E-state index is 12.7. The Hall–Kier alpha value is -3.91. The molecule has 35 heavy (non-hydrogen) atoms. The molecule has 2 aliphatic rings. The van der Waals surface area contributed by atoms with Gasteiger partial charge in [0.25, 0.3) is 5.91 Å². The average molecular weight is 485 g/mol. The Morgan fingerprint density at radius 3 is 2.69 bits per heavy atom. The summed E-state index contributed by atoms with van der Waals surface area (Å²) in [5.74, 6) is 0.877. The van der Waals surface area contributed by atoms with Crippen molar-refractivity contribution in [2.75, 3.05) is 7.11 Å². The molecule has 0 fully saturated rings. The SMILES string of the molecule is COc1cc(/C=C2/C(=N)N3N=C(C(C)C)SC3=NC2=O)ccc1OCc1cccc2ccccc12. The third kappa shape index (κ3) is 4.44. The molecule has 0 aliphatic carbocycles. The number of amidine groups is 2. The first-order valence-corrected chi connectivity index (χ1v) is 12.0. The van der Waals surface area contributed by atoms with E-state index in [1.165, 1.54) is 16.8 Å². The van der Waals surface area contributed by atoms with Crippen LogP contribution in [-0.4, -0.2) is 34.1 Å². The molecule has 0 unspecified atom stereocenters. The van der Waals surface area contributed by atoms with Crippen LogP contribution < -0.4 is 9.47 Å². The summed E-state index contributed by atoms with van der Waals surface area (Å²) in [6, 6.07) is 19.8. The highest BCUT2D eigenvalue weighted by Gasteiger charge is 2.36. The highest BCUT2D eigenvalue weighted by Crippen LogP contribution is 2.33. The highest BCUT2D eigenvalue weighted by atomic mass is 32.2. The monoisotopic (exact) mass is 484 g/mol. The fraction of sp³-hybridized carbons (Fsp3) is 0.185. The molecule has 0 spiro atoms. The molecule has 0 saturated heterocycles. The number of thioether (sulfide) groups is 1. The van der Waals surface area contributed by atoms with Crippen molar-refractivity contribution in [3.63, 3.8) is 0 Å². The summed E-state index contributed by atoms with van der Waals surface area (Å²) in [5, 5.41) is 18.0. The van der Waals surface area contributed by atoms with Crippen molar-refractivity contribution in [2.24, 2.45) is 16.0 Å². The van der Waals surface area contributed by atoms with Crippen molar-refractivity contribution in [2.45, 2.75) is 20.5 Å². The number of methoxy groups -OCH3 is 1. The van der Waals surface area contributed by atoms with Crippen molar-refractivity contribution in [3.05, 3.63) is 77.4 Å². The number of hydrazone groups is 1. The van der Waals surface area contributed by atoms with E-state index in [0.29, 0.717) is 28.8 Å². The van der Waals surface area contributed by atoms with E-state index in [1.807, 2.05) is 50.2 Å². The fourth-order valence-electron chi connectivity index (χ4n) is 3.87. The van der Waals surface area contributed by atoms with Gasteiger partial charge in [0.15, 0.2) is 17.3 Å². The molecule has 0 aromatic heterocycles. The van der Waals surface area contributed by atoms with Gasteiger partial charge in [-0.1, -0.05) is 62.4 Å². The van der Waals surface area contributed by atoms with Crippen molar-refractivity contribution in [1.82, 2.24) is 5.01 Å². The number of carbonyl (C=O) groups excluding carboxylic acids is 1. The molecular formula is C27H24N4O3S. The predicted molar refractivity (Wildman–Crippen MR) is 141 cm³/mol. The summed E-state index contributed by atoms with van der Waals surface area (Å²) in [5.41, 5.74) is 1.96. The molecular weight excluding hydrogens is 460 g/mol. The largest absolute Gasteiger partial charge is 0.493 e. The molecule has 3 aromatic carbocycles. The third-order valence-electron chi connectivity index (χ3n) is 5.73. The second-order valence-electron chi connectivity index (χ2n) is 8.45. The van der Waals surface area contributed by atoms with Gasteiger partial charge in [0.05, 0.1) is 12.7 Å². The van der Waals surface area contributed by atoms with Gasteiger partial charge < -0.3 is 9.47 Å². The van der Waals surface area contributed by atoms with Crippen molar-refractivity contribution in [1.29, 1.82) is 5.41 Å². The van der Waals surface area contributed by atoms with E-state index in [9.17, 15) is 4.79 Å². The molecule has 5 rings (SSSR count). The lowest BCUT2D eigenvalue weighted by atomic mass is 10.1. The Bertz CT molecular complexity index is 1440. The van der Waals surface area contributed by atoms with Gasteiger partial charge in [-0.05, 0) is 51.9 Å². The van der Waals surface area contributed by atoms with Crippen LogP contribution in [0.3, 0.4) is 0 Å². The summed E-state index contributed by atoms with van der Waals surface area (Å²) in [4.78, 5) is 16.8. The van der Waals surface area contributed by atoms with Crippen LogP contribution in [0, 0.1) is 11.3 Å². The molecule has 0 radical (unpaired) electrons. The fourth-order valence-corrected chi connectivity index (χ4v) is 4.77. The minimum Gasteiger partial charge on any atom is -0.493 e. The van der Waals surface area contributed by atoms with Crippen LogP contribution in [0.2, 0.25) is 0 Å². The van der Waals surface area contributed by atoms with Gasteiger partial charge in [0, 0.05) is 5.92 Å². The van der Waals surface area contributed by atoms with E-state index in [1.54, 1.807) is 19.3 Å². The Kier molecular flexibility index (Phi) is 6.13. The van der Waals surface area contributed by atoms with Crippen molar-refractivity contribution in [3.8, 4) is 11.5 Å². The minimum absolute atomic E-state index is 0.0124. The van der Waals surface area contributed by atoms with Gasteiger partial charge >= 0.3 is 0 Å². The van der Waals surface area contributed by atoms with Gasteiger partial charge in [-0.3, -0.25) is 10.2 Å². The summed E-state index contributed by atoms with van der Waals surface area (Å²) in [6.45, 7) is 4.42. The molecule has 176 valence electrons. The van der Waals surface area contributed by atoms with Crippen LogP contribution in [0.25, 0.3) is 16.8 Å². The second-order valence-corrected chi connectivity index (χ2v) is 9.44. The van der Waals surface area contributed by atoms with Gasteiger partial charge in [-0.2, -0.15) is 15.1 Å². The summed E-state index contributed by atoms with van der Waals surface area (Å²) in [6.07, 6.45) is 1.63. The van der Waals surface area contributed by atoms with Crippen LogP contribution in [0.4, 0.5) is 0 Å². The predicted octanol–water partition coefficient (Wildman–Crippen LogP) is 5.70. The normalized spacial score (nSPS) is 16.6. The average Bonchev–Trinajstić information content (AvgIpc) is 3.30. The standard InChI is InChI=1S/C27H24N4O3S/c1-16(2)26-30-31-24(28)21(25(32)29-27(31)35-26)13-17-11-12-22(23(14-17)33-3)34-15-19-9-6-8-18-7-4-5-10-20(18)19/h4-14,16,28H,15H2,1-3H3/b21-13-,28-24?. The number of fused-ring (bicyclic) bond motifs is 2.